The maximum Gasteiger partial charge on any atom is 0.265 e. The van der Waals surface area contributed by atoms with Gasteiger partial charge in [0.1, 0.15) is 17.0 Å². The van der Waals surface area contributed by atoms with Crippen LogP contribution in [0.25, 0.3) is 10.9 Å². The number of hydrogen-bond acceptors (Lipinski definition) is 7. The number of fused-ring (bicyclic) bond motifs is 1. The van der Waals surface area contributed by atoms with Gasteiger partial charge >= 0.3 is 0 Å². The molecule has 0 atom stereocenters. The van der Waals surface area contributed by atoms with Crippen molar-refractivity contribution in [3.63, 3.8) is 0 Å². The molecule has 26 heavy (non-hydrogen) atoms. The van der Waals surface area contributed by atoms with Gasteiger partial charge in [-0.25, -0.2) is 15.0 Å². The number of anilines is 2. The molecule has 0 unspecified atom stereocenters. The Balaban J connectivity index is 1.66. The topological polar surface area (TPSA) is 100 Å². The molecule has 1 aromatic carbocycles. The number of aryl methyl sites for hydroxylation is 1. The summed E-state index contributed by atoms with van der Waals surface area (Å²) in [7, 11) is 3.35. The Morgan fingerprint density at radius 1 is 1.19 bits per heavy atom. The molecule has 2 N–H and O–H groups in total. The van der Waals surface area contributed by atoms with E-state index in [0.717, 1.165) is 22.2 Å². The van der Waals surface area contributed by atoms with Crippen LogP contribution in [0, 0.1) is 6.92 Å². The SMILES string of the molecule is Cc1nc(NC(=O)CNc2ncnc3ccccc23)sc1C(=O)N(C)C. The molecule has 2 aromatic heterocycles. The van der Waals surface area contributed by atoms with Crippen LogP contribution in [0.2, 0.25) is 0 Å². The number of carbonyl (C=O) groups excluding carboxylic acids is 2. The van der Waals surface area contributed by atoms with Crippen LogP contribution in [-0.2, 0) is 4.79 Å². The first-order valence-electron chi connectivity index (χ1n) is 7.88. The maximum atomic E-state index is 12.2. The van der Waals surface area contributed by atoms with E-state index in [1.807, 2.05) is 24.3 Å². The molecule has 8 nitrogen and oxygen atoms in total. The van der Waals surface area contributed by atoms with Gasteiger partial charge in [0.2, 0.25) is 5.91 Å². The van der Waals surface area contributed by atoms with E-state index in [4.69, 9.17) is 0 Å². The Labute approximate surface area is 154 Å². The summed E-state index contributed by atoms with van der Waals surface area (Å²) in [4.78, 5) is 38.9. The van der Waals surface area contributed by atoms with Gasteiger partial charge in [0.05, 0.1) is 17.8 Å². The molecule has 0 spiro atoms. The Kier molecular flexibility index (Phi) is 5.08. The number of rotatable bonds is 5. The summed E-state index contributed by atoms with van der Waals surface area (Å²) in [6.45, 7) is 1.77. The van der Waals surface area contributed by atoms with Crippen LogP contribution in [-0.4, -0.2) is 52.3 Å². The van der Waals surface area contributed by atoms with Gasteiger partial charge in [0, 0.05) is 19.5 Å². The molecule has 0 saturated carbocycles. The second-order valence-corrected chi connectivity index (χ2v) is 6.77. The predicted molar refractivity (Wildman–Crippen MR) is 102 cm³/mol. The third kappa shape index (κ3) is 3.77. The Hall–Kier alpha value is -3.07. The molecule has 0 saturated heterocycles. The number of thiazole rings is 1. The van der Waals surface area contributed by atoms with Crippen molar-refractivity contribution >= 4 is 45.0 Å². The molecule has 3 rings (SSSR count). The number of hydrogen-bond donors (Lipinski definition) is 2. The second kappa shape index (κ2) is 7.44. The summed E-state index contributed by atoms with van der Waals surface area (Å²) in [5.74, 6) is 0.181. The van der Waals surface area contributed by atoms with Crippen LogP contribution in [0.15, 0.2) is 30.6 Å². The first kappa shape index (κ1) is 17.7. The van der Waals surface area contributed by atoms with Crippen molar-refractivity contribution in [3.05, 3.63) is 41.2 Å². The first-order chi connectivity index (χ1) is 12.5. The molecule has 0 aliphatic rings. The zero-order chi connectivity index (χ0) is 18.7. The van der Waals surface area contributed by atoms with E-state index < -0.39 is 0 Å². The average molecular weight is 370 g/mol. The van der Waals surface area contributed by atoms with Crippen LogP contribution in [0.1, 0.15) is 15.4 Å². The molecule has 0 aliphatic heterocycles. The van der Waals surface area contributed by atoms with Gasteiger partial charge < -0.3 is 15.5 Å². The lowest BCUT2D eigenvalue weighted by atomic mass is 10.2. The molecule has 0 bridgehead atoms. The van der Waals surface area contributed by atoms with Crippen LogP contribution in [0.4, 0.5) is 10.9 Å². The number of nitrogens with zero attached hydrogens (tertiary/aromatic N) is 4. The van der Waals surface area contributed by atoms with Crippen molar-refractivity contribution in [3.8, 4) is 0 Å². The minimum atomic E-state index is -0.273. The van der Waals surface area contributed by atoms with Crippen molar-refractivity contribution in [1.29, 1.82) is 0 Å². The Bertz CT molecular complexity index is 964. The molecule has 3 aromatic rings. The lowest BCUT2D eigenvalue weighted by Gasteiger charge is -2.08. The highest BCUT2D eigenvalue weighted by atomic mass is 32.1. The van der Waals surface area contributed by atoms with Crippen molar-refractivity contribution in [2.75, 3.05) is 31.3 Å². The largest absolute Gasteiger partial charge is 0.360 e. The standard InChI is InChI=1S/C17H18N6O2S/c1-10-14(16(25)23(2)3)26-17(21-10)22-13(24)8-18-15-11-6-4-5-7-12(11)19-9-20-15/h4-7,9H,8H2,1-3H3,(H,18,19,20)(H,21,22,24). The molecule has 2 amide bonds. The van der Waals surface area contributed by atoms with E-state index in [-0.39, 0.29) is 18.4 Å². The summed E-state index contributed by atoms with van der Waals surface area (Å²) < 4.78 is 0. The molecule has 134 valence electrons. The van der Waals surface area contributed by atoms with Gasteiger partial charge in [0.25, 0.3) is 5.91 Å². The minimum absolute atomic E-state index is 0.0244. The van der Waals surface area contributed by atoms with E-state index >= 15 is 0 Å². The van der Waals surface area contributed by atoms with E-state index in [1.54, 1.807) is 21.0 Å². The first-order valence-corrected chi connectivity index (χ1v) is 8.70. The number of aromatic nitrogens is 3. The van der Waals surface area contributed by atoms with Crippen molar-refractivity contribution in [1.82, 2.24) is 19.9 Å². The number of amides is 2. The fraction of sp³-hybridized carbons (Fsp3) is 0.235. The number of benzene rings is 1. The second-order valence-electron chi connectivity index (χ2n) is 5.77. The quantitative estimate of drug-likeness (QED) is 0.714. The smallest absolute Gasteiger partial charge is 0.265 e. The van der Waals surface area contributed by atoms with Gasteiger partial charge in [-0.3, -0.25) is 9.59 Å². The zero-order valence-corrected chi connectivity index (χ0v) is 15.4. The van der Waals surface area contributed by atoms with Crippen molar-refractivity contribution in [2.24, 2.45) is 0 Å². The number of para-hydroxylation sites is 1. The molecule has 0 radical (unpaired) electrons. The fourth-order valence-electron chi connectivity index (χ4n) is 2.32. The van der Waals surface area contributed by atoms with Crippen LogP contribution < -0.4 is 10.6 Å². The van der Waals surface area contributed by atoms with Crippen LogP contribution in [0.5, 0.6) is 0 Å². The molecule has 2 heterocycles. The number of carbonyl (C=O) groups is 2. The summed E-state index contributed by atoms with van der Waals surface area (Å²) in [6, 6.07) is 7.55. The average Bonchev–Trinajstić information content (AvgIpc) is 2.99. The van der Waals surface area contributed by atoms with Gasteiger partial charge in [-0.05, 0) is 19.1 Å². The highest BCUT2D eigenvalue weighted by molar-refractivity contribution is 7.17. The minimum Gasteiger partial charge on any atom is -0.360 e. The lowest BCUT2D eigenvalue weighted by Crippen LogP contribution is -2.22. The van der Waals surface area contributed by atoms with E-state index in [9.17, 15) is 9.59 Å². The molecule has 9 heteroatoms. The molecule has 0 aliphatic carbocycles. The zero-order valence-electron chi connectivity index (χ0n) is 14.6. The van der Waals surface area contributed by atoms with E-state index in [2.05, 4.69) is 25.6 Å². The Morgan fingerprint density at radius 2 is 1.96 bits per heavy atom. The van der Waals surface area contributed by atoms with Crippen LogP contribution >= 0.6 is 11.3 Å². The maximum absolute atomic E-state index is 12.2. The fourth-order valence-corrected chi connectivity index (χ4v) is 3.33. The van der Waals surface area contributed by atoms with E-state index in [0.29, 0.717) is 21.5 Å². The monoisotopic (exact) mass is 370 g/mol. The van der Waals surface area contributed by atoms with Gasteiger partial charge in [-0.2, -0.15) is 0 Å². The normalized spacial score (nSPS) is 10.6. The van der Waals surface area contributed by atoms with Crippen molar-refractivity contribution < 1.29 is 9.59 Å². The van der Waals surface area contributed by atoms with Gasteiger partial charge in [-0.15, -0.1) is 0 Å². The highest BCUT2D eigenvalue weighted by Crippen LogP contribution is 2.23. The van der Waals surface area contributed by atoms with Gasteiger partial charge in [0.15, 0.2) is 5.13 Å². The lowest BCUT2D eigenvalue weighted by molar-refractivity contribution is -0.114. The molecular weight excluding hydrogens is 352 g/mol. The predicted octanol–water partition coefficient (Wildman–Crippen LogP) is 2.15. The van der Waals surface area contributed by atoms with Gasteiger partial charge in [-0.1, -0.05) is 23.5 Å². The summed E-state index contributed by atoms with van der Waals surface area (Å²) >= 11 is 1.16. The summed E-state index contributed by atoms with van der Waals surface area (Å²) in [6.07, 6.45) is 1.45. The van der Waals surface area contributed by atoms with E-state index in [1.165, 1.54) is 11.2 Å². The van der Waals surface area contributed by atoms with Crippen molar-refractivity contribution in [2.45, 2.75) is 6.92 Å². The molecular formula is C17H18N6O2S. The highest BCUT2D eigenvalue weighted by Gasteiger charge is 2.18. The summed E-state index contributed by atoms with van der Waals surface area (Å²) in [5, 5.41) is 6.95. The number of nitrogens with one attached hydrogen (secondary N) is 2. The Morgan fingerprint density at radius 3 is 2.73 bits per heavy atom. The third-order valence-electron chi connectivity index (χ3n) is 3.60. The van der Waals surface area contributed by atoms with Crippen LogP contribution in [0.3, 0.4) is 0 Å². The third-order valence-corrected chi connectivity index (χ3v) is 4.66. The summed E-state index contributed by atoms with van der Waals surface area (Å²) in [5.41, 5.74) is 1.39. The molecule has 0 fully saturated rings.